The van der Waals surface area contributed by atoms with Gasteiger partial charge in [-0.3, -0.25) is 0 Å². The van der Waals surface area contributed by atoms with E-state index in [9.17, 15) is 18.0 Å². The first-order valence-electron chi connectivity index (χ1n) is 12.6. The van der Waals surface area contributed by atoms with Crippen molar-refractivity contribution >= 4 is 11.7 Å². The van der Waals surface area contributed by atoms with Crippen LogP contribution in [0.3, 0.4) is 0 Å². The van der Waals surface area contributed by atoms with Gasteiger partial charge in [0, 0.05) is 23.6 Å². The summed E-state index contributed by atoms with van der Waals surface area (Å²) in [6, 6.07) is 8.37. The third-order valence-corrected chi connectivity index (χ3v) is 7.77. The molecule has 0 N–H and O–H groups in total. The number of fused-ring (bicyclic) bond motifs is 2. The van der Waals surface area contributed by atoms with Gasteiger partial charge in [-0.2, -0.15) is 0 Å². The van der Waals surface area contributed by atoms with E-state index >= 15 is 0 Å². The van der Waals surface area contributed by atoms with Crippen molar-refractivity contribution in [2.75, 3.05) is 12.0 Å². The number of benzene rings is 2. The molecule has 2 atom stereocenters. The lowest BCUT2D eigenvalue weighted by Gasteiger charge is -2.40. The summed E-state index contributed by atoms with van der Waals surface area (Å²) in [5, 5.41) is 4.04. The lowest BCUT2D eigenvalue weighted by atomic mass is 9.98. The number of hydrogen-bond acceptors (Lipinski definition) is 6. The number of aromatic nitrogens is 1. The van der Waals surface area contributed by atoms with Gasteiger partial charge in [-0.05, 0) is 68.9 Å². The van der Waals surface area contributed by atoms with Crippen molar-refractivity contribution in [3.8, 4) is 11.3 Å². The number of halogens is 3. The van der Waals surface area contributed by atoms with Gasteiger partial charge >= 0.3 is 5.97 Å². The van der Waals surface area contributed by atoms with E-state index in [4.69, 9.17) is 14.0 Å². The molecule has 0 radical (unpaired) electrons. The maximum absolute atomic E-state index is 15.0. The second kappa shape index (κ2) is 9.52. The fourth-order valence-electron chi connectivity index (χ4n) is 5.87. The number of carbonyl (C=O) groups is 1. The molecule has 3 fully saturated rings. The molecule has 37 heavy (non-hydrogen) atoms. The predicted octanol–water partition coefficient (Wildman–Crippen LogP) is 6.14. The summed E-state index contributed by atoms with van der Waals surface area (Å²) in [5.74, 6) is -1.56. The van der Waals surface area contributed by atoms with Crippen molar-refractivity contribution < 1.29 is 32.0 Å². The molecule has 3 aliphatic rings. The minimum absolute atomic E-state index is 0.0913. The molecule has 9 heteroatoms. The fraction of sp³-hybridized carbons (Fsp3) is 0.429. The molecule has 2 unspecified atom stereocenters. The molecular formula is C28H27F3N2O4. The van der Waals surface area contributed by atoms with Crippen LogP contribution in [0.1, 0.15) is 66.1 Å². The highest BCUT2D eigenvalue weighted by Crippen LogP contribution is 2.46. The van der Waals surface area contributed by atoms with E-state index < -0.39 is 23.4 Å². The van der Waals surface area contributed by atoms with Crippen molar-refractivity contribution in [1.29, 1.82) is 0 Å². The normalized spacial score (nSPS) is 22.9. The Morgan fingerprint density at radius 1 is 1.03 bits per heavy atom. The molecule has 2 bridgehead atoms. The molecular weight excluding hydrogens is 485 g/mol. The number of anilines is 1. The smallest absolute Gasteiger partial charge is 0.337 e. The lowest BCUT2D eigenvalue weighted by Crippen LogP contribution is -2.46. The molecule has 2 aliphatic heterocycles. The Morgan fingerprint density at radius 2 is 1.73 bits per heavy atom. The monoisotopic (exact) mass is 512 g/mol. The first-order valence-corrected chi connectivity index (χ1v) is 12.6. The Balaban J connectivity index is 1.19. The maximum atomic E-state index is 15.0. The number of esters is 1. The average Bonchev–Trinajstić information content (AvgIpc) is 3.60. The third-order valence-electron chi connectivity index (χ3n) is 7.77. The molecule has 1 aromatic heterocycles. The average molecular weight is 513 g/mol. The Labute approximate surface area is 212 Å². The molecule has 0 amide bonds. The lowest BCUT2D eigenvalue weighted by molar-refractivity contribution is 0.0146. The van der Waals surface area contributed by atoms with Crippen LogP contribution >= 0.6 is 0 Å². The van der Waals surface area contributed by atoms with Crippen LogP contribution in [0.4, 0.5) is 18.9 Å². The van der Waals surface area contributed by atoms with E-state index in [2.05, 4.69) is 10.1 Å². The topological polar surface area (TPSA) is 64.8 Å². The number of piperidine rings is 1. The molecule has 6 rings (SSSR count). The zero-order valence-corrected chi connectivity index (χ0v) is 20.4. The van der Waals surface area contributed by atoms with Gasteiger partial charge in [-0.1, -0.05) is 11.2 Å². The highest BCUT2D eigenvalue weighted by atomic mass is 19.1. The van der Waals surface area contributed by atoms with Crippen LogP contribution in [0.15, 0.2) is 40.9 Å². The summed E-state index contributed by atoms with van der Waals surface area (Å²) in [7, 11) is 1.27. The van der Waals surface area contributed by atoms with Gasteiger partial charge in [-0.15, -0.1) is 0 Å². The van der Waals surface area contributed by atoms with Crippen molar-refractivity contribution in [3.05, 3.63) is 70.7 Å². The second-order valence-electron chi connectivity index (χ2n) is 10.1. The number of nitrogens with zero attached hydrogens (tertiary/aromatic N) is 2. The Morgan fingerprint density at radius 3 is 2.35 bits per heavy atom. The van der Waals surface area contributed by atoms with Gasteiger partial charge in [-0.25, -0.2) is 18.0 Å². The van der Waals surface area contributed by atoms with Crippen molar-refractivity contribution in [2.45, 2.75) is 69.2 Å². The Hall–Kier alpha value is -3.33. The molecule has 3 heterocycles. The molecule has 3 aromatic rings. The van der Waals surface area contributed by atoms with Crippen LogP contribution in [-0.2, 0) is 16.1 Å². The summed E-state index contributed by atoms with van der Waals surface area (Å²) in [4.78, 5) is 13.9. The predicted molar refractivity (Wildman–Crippen MR) is 129 cm³/mol. The minimum Gasteiger partial charge on any atom is -0.465 e. The van der Waals surface area contributed by atoms with E-state index in [0.717, 1.165) is 25.7 Å². The molecule has 0 spiro atoms. The summed E-state index contributed by atoms with van der Waals surface area (Å²) in [5.41, 5.74) is 1.22. The molecule has 2 aromatic carbocycles. The van der Waals surface area contributed by atoms with Gasteiger partial charge in [0.05, 0.1) is 36.6 Å². The minimum atomic E-state index is -0.691. The number of methoxy groups -OCH3 is 1. The number of carbonyl (C=O) groups excluding carboxylic acids is 1. The molecule has 6 nitrogen and oxygen atoms in total. The first-order chi connectivity index (χ1) is 17.9. The summed E-state index contributed by atoms with van der Waals surface area (Å²) < 4.78 is 60.6. The van der Waals surface area contributed by atoms with Gasteiger partial charge in [0.15, 0.2) is 0 Å². The first kappa shape index (κ1) is 24.0. The van der Waals surface area contributed by atoms with Crippen molar-refractivity contribution in [1.82, 2.24) is 5.16 Å². The largest absolute Gasteiger partial charge is 0.465 e. The fourth-order valence-corrected chi connectivity index (χ4v) is 5.87. The zero-order chi connectivity index (χ0) is 25.7. The highest BCUT2D eigenvalue weighted by Gasteiger charge is 2.43. The van der Waals surface area contributed by atoms with E-state index in [1.807, 2.05) is 0 Å². The highest BCUT2D eigenvalue weighted by molar-refractivity contribution is 5.89. The number of rotatable bonds is 7. The van der Waals surface area contributed by atoms with E-state index in [1.54, 1.807) is 12.1 Å². The standard InChI is InChI=1S/C28H27F3N2O4/c1-35-28(34)16-7-10-24(23(31)11-16)33-17-8-9-18(33)13-19(12-17)36-14-20-26(32-37-27(20)15-5-6-15)25-21(29)3-2-4-22(25)30/h2-4,7,10-11,15,17-19H,5-6,8-9,12-14H2,1H3. The van der Waals surface area contributed by atoms with Crippen molar-refractivity contribution in [2.24, 2.45) is 0 Å². The van der Waals surface area contributed by atoms with Gasteiger partial charge in [0.25, 0.3) is 0 Å². The van der Waals surface area contributed by atoms with Crippen LogP contribution in [0, 0.1) is 17.5 Å². The van der Waals surface area contributed by atoms with Gasteiger partial charge < -0.3 is 18.9 Å². The SMILES string of the molecule is COC(=O)c1ccc(N2C3CCC2CC(OCc2c(-c4c(F)cccc4F)noc2C2CC2)C3)c(F)c1. The van der Waals surface area contributed by atoms with Gasteiger partial charge in [0.2, 0.25) is 0 Å². The van der Waals surface area contributed by atoms with E-state index in [-0.39, 0.29) is 47.5 Å². The van der Waals surface area contributed by atoms with Crippen LogP contribution in [0.5, 0.6) is 0 Å². The second-order valence-corrected chi connectivity index (χ2v) is 10.1. The third kappa shape index (κ3) is 4.39. The maximum Gasteiger partial charge on any atom is 0.337 e. The number of ether oxygens (including phenoxy) is 2. The van der Waals surface area contributed by atoms with Gasteiger partial charge in [0.1, 0.15) is 28.9 Å². The Kier molecular flexibility index (Phi) is 6.18. The number of hydrogen-bond donors (Lipinski definition) is 0. The van der Waals surface area contributed by atoms with E-state index in [1.165, 1.54) is 31.4 Å². The summed E-state index contributed by atoms with van der Waals surface area (Å²) in [6.07, 6.45) is 5.02. The summed E-state index contributed by atoms with van der Waals surface area (Å²) in [6.45, 7) is 0.144. The zero-order valence-electron chi connectivity index (χ0n) is 20.4. The molecule has 2 saturated heterocycles. The van der Waals surface area contributed by atoms with Crippen LogP contribution < -0.4 is 4.90 Å². The molecule has 1 saturated carbocycles. The van der Waals surface area contributed by atoms with Crippen LogP contribution in [0.2, 0.25) is 0 Å². The Bertz CT molecular complexity index is 1300. The quantitative estimate of drug-likeness (QED) is 0.355. The summed E-state index contributed by atoms with van der Waals surface area (Å²) >= 11 is 0. The molecule has 194 valence electrons. The van der Waals surface area contributed by atoms with Crippen LogP contribution in [-0.4, -0.2) is 36.4 Å². The van der Waals surface area contributed by atoms with Crippen LogP contribution in [0.25, 0.3) is 11.3 Å². The van der Waals surface area contributed by atoms with E-state index in [0.29, 0.717) is 29.9 Å². The van der Waals surface area contributed by atoms with Crippen molar-refractivity contribution in [3.63, 3.8) is 0 Å². The molecule has 1 aliphatic carbocycles.